The Morgan fingerprint density at radius 3 is 2.88 bits per heavy atom. The fraction of sp³-hybridized carbons (Fsp3) is 0.294. The van der Waals surface area contributed by atoms with Gasteiger partial charge in [-0.1, -0.05) is 6.07 Å². The molecule has 0 aliphatic carbocycles. The van der Waals surface area contributed by atoms with Crippen LogP contribution in [0.5, 0.6) is 0 Å². The highest BCUT2D eigenvalue weighted by Gasteiger charge is 2.23. The Bertz CT molecular complexity index is 846. The molecule has 2 amide bonds. The second kappa shape index (κ2) is 7.02. The van der Waals surface area contributed by atoms with Gasteiger partial charge in [0.2, 0.25) is 5.91 Å². The number of anilines is 2. The van der Waals surface area contributed by atoms with Gasteiger partial charge in [-0.2, -0.15) is 0 Å². The highest BCUT2D eigenvalue weighted by Crippen LogP contribution is 2.33. The molecule has 0 spiro atoms. The van der Waals surface area contributed by atoms with E-state index in [1.807, 2.05) is 18.2 Å². The number of hydrogen-bond donors (Lipinski definition) is 1. The van der Waals surface area contributed by atoms with Crippen LogP contribution in [-0.2, 0) is 25.5 Å². The minimum atomic E-state index is -0.930. The average Bonchev–Trinajstić information content (AvgIpc) is 3.20. The van der Waals surface area contributed by atoms with Crippen LogP contribution in [0, 0.1) is 0 Å². The van der Waals surface area contributed by atoms with Crippen molar-refractivity contribution in [3.63, 3.8) is 0 Å². The normalized spacial score (nSPS) is 12.6. The number of amides is 2. The van der Waals surface area contributed by atoms with E-state index in [1.165, 1.54) is 11.3 Å². The number of carbonyl (C=O) groups excluding carboxylic acids is 3. The van der Waals surface area contributed by atoms with Gasteiger partial charge in [-0.3, -0.25) is 14.9 Å². The van der Waals surface area contributed by atoms with E-state index < -0.39 is 11.9 Å². The van der Waals surface area contributed by atoms with Gasteiger partial charge < -0.3 is 9.64 Å². The maximum atomic E-state index is 11.6. The van der Waals surface area contributed by atoms with Crippen LogP contribution in [0.15, 0.2) is 23.6 Å². The van der Waals surface area contributed by atoms with E-state index in [0.717, 1.165) is 23.2 Å². The van der Waals surface area contributed by atoms with Gasteiger partial charge in [0.15, 0.2) is 5.13 Å². The van der Waals surface area contributed by atoms with E-state index in [0.29, 0.717) is 17.4 Å². The minimum absolute atomic E-state index is 0.0316. The highest BCUT2D eigenvalue weighted by atomic mass is 32.1. The minimum Gasteiger partial charge on any atom is -0.459 e. The Morgan fingerprint density at radius 2 is 2.16 bits per heavy atom. The fourth-order valence-corrected chi connectivity index (χ4v) is 3.41. The lowest BCUT2D eigenvalue weighted by Gasteiger charge is -2.14. The molecule has 0 fully saturated rings. The van der Waals surface area contributed by atoms with Crippen molar-refractivity contribution in [1.29, 1.82) is 0 Å². The summed E-state index contributed by atoms with van der Waals surface area (Å²) in [7, 11) is 0. The molecule has 1 aromatic carbocycles. The van der Waals surface area contributed by atoms with Crippen molar-refractivity contribution in [2.45, 2.75) is 20.3 Å². The molecule has 0 unspecified atom stereocenters. The molecule has 8 heteroatoms. The van der Waals surface area contributed by atoms with E-state index >= 15 is 0 Å². The van der Waals surface area contributed by atoms with Crippen LogP contribution in [0.2, 0.25) is 0 Å². The second-order valence-electron chi connectivity index (χ2n) is 5.48. The van der Waals surface area contributed by atoms with Crippen molar-refractivity contribution < 1.29 is 19.1 Å². The lowest BCUT2D eigenvalue weighted by molar-refractivity contribution is -0.152. The number of aromatic nitrogens is 1. The maximum absolute atomic E-state index is 11.6. The number of nitrogens with zero attached hydrogens (tertiary/aromatic N) is 2. The molecule has 0 saturated heterocycles. The molecule has 7 nitrogen and oxygen atoms in total. The highest BCUT2D eigenvalue weighted by molar-refractivity contribution is 7.14. The average molecular weight is 359 g/mol. The van der Waals surface area contributed by atoms with Crippen molar-refractivity contribution in [2.24, 2.45) is 0 Å². The van der Waals surface area contributed by atoms with Gasteiger partial charge in [0.05, 0.1) is 12.3 Å². The predicted octanol–water partition coefficient (Wildman–Crippen LogP) is 2.22. The molecular weight excluding hydrogens is 342 g/mol. The molecule has 0 radical (unpaired) electrons. The predicted molar refractivity (Wildman–Crippen MR) is 94.5 cm³/mol. The van der Waals surface area contributed by atoms with Gasteiger partial charge in [-0.05, 0) is 31.0 Å². The largest absolute Gasteiger partial charge is 0.459 e. The lowest BCUT2D eigenvalue weighted by atomic mass is 10.1. The third kappa shape index (κ3) is 3.53. The Kier molecular flexibility index (Phi) is 4.80. The van der Waals surface area contributed by atoms with E-state index in [2.05, 4.69) is 15.0 Å². The number of nitrogens with one attached hydrogen (secondary N) is 1. The molecule has 3 rings (SSSR count). The molecule has 2 aromatic rings. The summed E-state index contributed by atoms with van der Waals surface area (Å²) in [6.45, 7) is 4.02. The van der Waals surface area contributed by atoms with E-state index in [9.17, 15) is 14.4 Å². The van der Waals surface area contributed by atoms with Crippen LogP contribution in [0.4, 0.5) is 10.8 Å². The number of fused-ring (bicyclic) bond motifs is 1. The van der Waals surface area contributed by atoms with Gasteiger partial charge in [0, 0.05) is 30.1 Å². The summed E-state index contributed by atoms with van der Waals surface area (Å²) in [5.41, 5.74) is 3.63. The van der Waals surface area contributed by atoms with Crippen molar-refractivity contribution in [1.82, 2.24) is 4.98 Å². The van der Waals surface area contributed by atoms with Gasteiger partial charge >= 0.3 is 11.9 Å². The summed E-state index contributed by atoms with van der Waals surface area (Å²) in [6.07, 6.45) is 0.805. The molecule has 130 valence electrons. The standard InChI is InChI=1S/C17H17N3O4S/c1-3-24-16(23)15(22)19-17-18-13(9-25-17)11-4-5-14-12(8-11)6-7-20(14)10(2)21/h4-5,8-9H,3,6-7H2,1-2H3,(H,18,19,22). The molecule has 1 aliphatic heterocycles. The summed E-state index contributed by atoms with van der Waals surface area (Å²) < 4.78 is 4.64. The second-order valence-corrected chi connectivity index (χ2v) is 6.33. The van der Waals surface area contributed by atoms with Crippen molar-refractivity contribution in [2.75, 3.05) is 23.4 Å². The van der Waals surface area contributed by atoms with E-state index in [4.69, 9.17) is 0 Å². The van der Waals surface area contributed by atoms with Crippen molar-refractivity contribution >= 4 is 39.9 Å². The van der Waals surface area contributed by atoms with Crippen LogP contribution in [0.3, 0.4) is 0 Å². The van der Waals surface area contributed by atoms with Gasteiger partial charge in [0.25, 0.3) is 0 Å². The third-order valence-corrected chi connectivity index (χ3v) is 4.59. The molecule has 1 aromatic heterocycles. The first-order valence-electron chi connectivity index (χ1n) is 7.84. The zero-order chi connectivity index (χ0) is 18.0. The summed E-state index contributed by atoms with van der Waals surface area (Å²) in [4.78, 5) is 40.7. The van der Waals surface area contributed by atoms with E-state index in [-0.39, 0.29) is 12.5 Å². The monoisotopic (exact) mass is 359 g/mol. The Hall–Kier alpha value is -2.74. The summed E-state index contributed by atoms with van der Waals surface area (Å²) in [6, 6.07) is 5.81. The first-order chi connectivity index (χ1) is 12.0. The van der Waals surface area contributed by atoms with Crippen molar-refractivity contribution in [3.05, 3.63) is 29.1 Å². The third-order valence-electron chi connectivity index (χ3n) is 3.84. The Morgan fingerprint density at radius 1 is 1.36 bits per heavy atom. The summed E-state index contributed by atoms with van der Waals surface area (Å²) >= 11 is 1.23. The maximum Gasteiger partial charge on any atom is 0.397 e. The fourth-order valence-electron chi connectivity index (χ4n) is 2.70. The number of rotatable bonds is 3. The number of carbonyl (C=O) groups is 3. The first-order valence-corrected chi connectivity index (χ1v) is 8.72. The van der Waals surface area contributed by atoms with Gasteiger partial charge in [-0.25, -0.2) is 9.78 Å². The van der Waals surface area contributed by atoms with Crippen LogP contribution in [0.25, 0.3) is 11.3 Å². The van der Waals surface area contributed by atoms with Crippen LogP contribution < -0.4 is 10.2 Å². The van der Waals surface area contributed by atoms with Gasteiger partial charge in [0.1, 0.15) is 0 Å². The molecule has 0 atom stereocenters. The SMILES string of the molecule is CCOC(=O)C(=O)Nc1nc(-c2ccc3c(c2)CCN3C(C)=O)cs1. The molecule has 0 bridgehead atoms. The molecule has 2 heterocycles. The van der Waals surface area contributed by atoms with E-state index in [1.54, 1.807) is 24.1 Å². The number of benzene rings is 1. The molecule has 1 N–H and O–H groups in total. The molecule has 0 saturated carbocycles. The van der Waals surface area contributed by atoms with Gasteiger partial charge in [-0.15, -0.1) is 11.3 Å². The smallest absolute Gasteiger partial charge is 0.397 e. The summed E-state index contributed by atoms with van der Waals surface area (Å²) in [5.74, 6) is -1.74. The lowest BCUT2D eigenvalue weighted by Crippen LogP contribution is -2.25. The Labute approximate surface area is 148 Å². The number of esters is 1. The number of ether oxygens (including phenoxy) is 1. The zero-order valence-corrected chi connectivity index (χ0v) is 14.7. The molecular formula is C17H17N3O4S. The quantitative estimate of drug-likeness (QED) is 0.670. The molecule has 25 heavy (non-hydrogen) atoms. The number of hydrogen-bond acceptors (Lipinski definition) is 6. The van der Waals surface area contributed by atoms with Crippen molar-refractivity contribution in [3.8, 4) is 11.3 Å². The van der Waals surface area contributed by atoms with Crippen LogP contribution in [-0.4, -0.2) is 35.9 Å². The van der Waals surface area contributed by atoms with Crippen LogP contribution >= 0.6 is 11.3 Å². The Balaban J connectivity index is 1.76. The molecule has 1 aliphatic rings. The first kappa shape index (κ1) is 17.1. The zero-order valence-electron chi connectivity index (χ0n) is 13.9. The topological polar surface area (TPSA) is 88.6 Å². The van der Waals surface area contributed by atoms with Crippen LogP contribution in [0.1, 0.15) is 19.4 Å². The number of thiazole rings is 1. The summed E-state index contributed by atoms with van der Waals surface area (Å²) in [5, 5.41) is 4.57.